The van der Waals surface area contributed by atoms with Gasteiger partial charge < -0.3 is 0 Å². The highest BCUT2D eigenvalue weighted by Crippen LogP contribution is 2.35. The third kappa shape index (κ3) is 2.53. The molecule has 17 heavy (non-hydrogen) atoms. The molecule has 96 valence electrons. The summed E-state index contributed by atoms with van der Waals surface area (Å²) in [5, 5.41) is 4.61. The van der Waals surface area contributed by atoms with E-state index >= 15 is 0 Å². The third-order valence-corrected chi connectivity index (χ3v) is 3.89. The van der Waals surface area contributed by atoms with Crippen LogP contribution in [-0.4, -0.2) is 9.78 Å². The Kier molecular flexibility index (Phi) is 4.18. The summed E-state index contributed by atoms with van der Waals surface area (Å²) < 4.78 is 2.10. The number of hydrogen-bond acceptors (Lipinski definition) is 3. The molecule has 1 saturated carbocycles. The van der Waals surface area contributed by atoms with Crippen molar-refractivity contribution in [3.8, 4) is 0 Å². The third-order valence-electron chi connectivity index (χ3n) is 3.89. The molecule has 1 unspecified atom stereocenters. The molecule has 1 aliphatic carbocycles. The first-order valence-electron chi connectivity index (χ1n) is 6.82. The van der Waals surface area contributed by atoms with Crippen molar-refractivity contribution >= 4 is 0 Å². The molecule has 1 aromatic rings. The second-order valence-electron chi connectivity index (χ2n) is 4.92. The molecule has 1 fully saturated rings. The molecule has 1 atom stereocenters. The maximum absolute atomic E-state index is 5.77. The lowest BCUT2D eigenvalue weighted by Gasteiger charge is -2.23. The van der Waals surface area contributed by atoms with Crippen LogP contribution in [0.25, 0.3) is 0 Å². The van der Waals surface area contributed by atoms with Gasteiger partial charge in [-0.05, 0) is 38.2 Å². The molecular weight excluding hydrogens is 212 g/mol. The average Bonchev–Trinajstić information content (AvgIpc) is 2.99. The number of rotatable bonds is 5. The molecule has 4 nitrogen and oxygen atoms in total. The van der Waals surface area contributed by atoms with Gasteiger partial charge in [-0.2, -0.15) is 5.10 Å². The fourth-order valence-corrected chi connectivity index (χ4v) is 2.92. The molecule has 2 rings (SSSR count). The first-order chi connectivity index (χ1) is 8.30. The minimum atomic E-state index is 0.269. The van der Waals surface area contributed by atoms with Crippen LogP contribution < -0.4 is 11.3 Å². The van der Waals surface area contributed by atoms with E-state index < -0.39 is 0 Å². The van der Waals surface area contributed by atoms with Crippen LogP contribution in [-0.2, 0) is 13.0 Å². The van der Waals surface area contributed by atoms with E-state index in [4.69, 9.17) is 5.84 Å². The van der Waals surface area contributed by atoms with Crippen molar-refractivity contribution in [2.24, 2.45) is 11.8 Å². The van der Waals surface area contributed by atoms with Crippen molar-refractivity contribution in [3.63, 3.8) is 0 Å². The van der Waals surface area contributed by atoms with Gasteiger partial charge in [0.1, 0.15) is 0 Å². The Balaban J connectivity index is 2.25. The molecule has 0 amide bonds. The van der Waals surface area contributed by atoms with Crippen molar-refractivity contribution in [1.82, 2.24) is 15.2 Å². The van der Waals surface area contributed by atoms with Crippen LogP contribution in [0.3, 0.4) is 0 Å². The van der Waals surface area contributed by atoms with Gasteiger partial charge in [-0.1, -0.05) is 19.8 Å². The van der Waals surface area contributed by atoms with Gasteiger partial charge in [-0.3, -0.25) is 16.0 Å². The molecule has 4 heteroatoms. The van der Waals surface area contributed by atoms with Crippen LogP contribution in [0.15, 0.2) is 6.07 Å². The highest BCUT2D eigenvalue weighted by molar-refractivity contribution is 5.15. The zero-order valence-electron chi connectivity index (χ0n) is 10.9. The number of nitrogens with two attached hydrogens (primary N) is 1. The Bertz CT molecular complexity index is 352. The summed E-state index contributed by atoms with van der Waals surface area (Å²) in [4.78, 5) is 0. The van der Waals surface area contributed by atoms with E-state index in [0.29, 0.717) is 5.92 Å². The van der Waals surface area contributed by atoms with Gasteiger partial charge in [0.25, 0.3) is 0 Å². The van der Waals surface area contributed by atoms with Gasteiger partial charge in [-0.25, -0.2) is 0 Å². The van der Waals surface area contributed by atoms with E-state index in [9.17, 15) is 0 Å². The number of aromatic nitrogens is 2. The molecule has 1 heterocycles. The zero-order valence-corrected chi connectivity index (χ0v) is 10.9. The summed E-state index contributed by atoms with van der Waals surface area (Å²) in [6, 6.07) is 2.48. The average molecular weight is 236 g/mol. The lowest BCUT2D eigenvalue weighted by molar-refractivity contribution is 0.351. The van der Waals surface area contributed by atoms with E-state index in [1.807, 2.05) is 0 Å². The van der Waals surface area contributed by atoms with Gasteiger partial charge in [0, 0.05) is 6.54 Å². The van der Waals surface area contributed by atoms with Crippen molar-refractivity contribution in [2.75, 3.05) is 0 Å². The SMILES string of the molecule is CCc1cc(C(NN)C2CCCC2)n(CC)n1. The van der Waals surface area contributed by atoms with E-state index in [1.165, 1.54) is 37.1 Å². The lowest BCUT2D eigenvalue weighted by Crippen LogP contribution is -2.34. The predicted molar refractivity (Wildman–Crippen MR) is 69.3 cm³/mol. The Morgan fingerprint density at radius 1 is 1.47 bits per heavy atom. The van der Waals surface area contributed by atoms with Crippen LogP contribution in [0.2, 0.25) is 0 Å². The summed E-state index contributed by atoms with van der Waals surface area (Å²) >= 11 is 0. The van der Waals surface area contributed by atoms with Crippen molar-refractivity contribution in [3.05, 3.63) is 17.5 Å². The Morgan fingerprint density at radius 3 is 2.71 bits per heavy atom. The van der Waals surface area contributed by atoms with Crippen molar-refractivity contribution in [2.45, 2.75) is 58.5 Å². The zero-order chi connectivity index (χ0) is 12.3. The Hall–Kier alpha value is -0.870. The van der Waals surface area contributed by atoms with Crippen LogP contribution in [0.1, 0.15) is 57.0 Å². The largest absolute Gasteiger partial charge is 0.271 e. The standard InChI is InChI=1S/C13H24N4/c1-3-11-9-12(17(4-2)16-11)13(15-14)10-7-5-6-8-10/h9-10,13,15H,3-8,14H2,1-2H3. The number of aryl methyl sites for hydroxylation is 2. The lowest BCUT2D eigenvalue weighted by atomic mass is 9.95. The predicted octanol–water partition coefficient (Wildman–Crippen LogP) is 2.16. The number of hydrazine groups is 1. The van der Waals surface area contributed by atoms with Gasteiger partial charge >= 0.3 is 0 Å². The number of nitrogens with zero attached hydrogens (tertiary/aromatic N) is 2. The molecule has 0 saturated heterocycles. The quantitative estimate of drug-likeness (QED) is 0.608. The van der Waals surface area contributed by atoms with Crippen LogP contribution >= 0.6 is 0 Å². The Morgan fingerprint density at radius 2 is 2.18 bits per heavy atom. The molecule has 0 aliphatic heterocycles. The molecule has 0 spiro atoms. The summed E-state index contributed by atoms with van der Waals surface area (Å²) in [5.74, 6) is 6.44. The van der Waals surface area contributed by atoms with Gasteiger partial charge in [-0.15, -0.1) is 0 Å². The Labute approximate surface area is 104 Å². The summed E-state index contributed by atoms with van der Waals surface area (Å²) in [7, 11) is 0. The summed E-state index contributed by atoms with van der Waals surface area (Å²) in [5.41, 5.74) is 5.44. The van der Waals surface area contributed by atoms with E-state index in [1.54, 1.807) is 0 Å². The van der Waals surface area contributed by atoms with Crippen molar-refractivity contribution in [1.29, 1.82) is 0 Å². The molecule has 0 bridgehead atoms. The molecule has 0 aromatic carbocycles. The normalized spacial score (nSPS) is 18.8. The summed E-state index contributed by atoms with van der Waals surface area (Å²) in [6.07, 6.45) is 6.23. The second kappa shape index (κ2) is 5.65. The number of nitrogens with one attached hydrogen (secondary N) is 1. The molecule has 1 aromatic heterocycles. The molecule has 3 N–H and O–H groups in total. The van der Waals surface area contributed by atoms with E-state index in [-0.39, 0.29) is 6.04 Å². The van der Waals surface area contributed by atoms with Crippen LogP contribution in [0.5, 0.6) is 0 Å². The van der Waals surface area contributed by atoms with E-state index in [2.05, 4.69) is 35.1 Å². The van der Waals surface area contributed by atoms with Crippen LogP contribution in [0, 0.1) is 5.92 Å². The maximum atomic E-state index is 5.77. The molecule has 0 radical (unpaired) electrons. The second-order valence-corrected chi connectivity index (χ2v) is 4.92. The van der Waals surface area contributed by atoms with Gasteiger partial charge in [0.05, 0.1) is 17.4 Å². The smallest absolute Gasteiger partial charge is 0.0657 e. The first-order valence-corrected chi connectivity index (χ1v) is 6.82. The fourth-order valence-electron chi connectivity index (χ4n) is 2.92. The molecular formula is C13H24N4. The monoisotopic (exact) mass is 236 g/mol. The van der Waals surface area contributed by atoms with Crippen LogP contribution in [0.4, 0.5) is 0 Å². The van der Waals surface area contributed by atoms with Gasteiger partial charge in [0.2, 0.25) is 0 Å². The highest BCUT2D eigenvalue weighted by Gasteiger charge is 2.28. The van der Waals surface area contributed by atoms with E-state index in [0.717, 1.165) is 13.0 Å². The minimum Gasteiger partial charge on any atom is -0.271 e. The first kappa shape index (κ1) is 12.6. The highest BCUT2D eigenvalue weighted by atomic mass is 15.3. The molecule has 1 aliphatic rings. The summed E-state index contributed by atoms with van der Waals surface area (Å²) in [6.45, 7) is 5.20. The van der Waals surface area contributed by atoms with Crippen molar-refractivity contribution < 1.29 is 0 Å². The minimum absolute atomic E-state index is 0.269. The number of hydrogen-bond donors (Lipinski definition) is 2. The fraction of sp³-hybridized carbons (Fsp3) is 0.769. The van der Waals surface area contributed by atoms with Gasteiger partial charge in [0.15, 0.2) is 0 Å². The topological polar surface area (TPSA) is 55.9 Å². The maximum Gasteiger partial charge on any atom is 0.0657 e.